The van der Waals surface area contributed by atoms with Crippen molar-refractivity contribution in [3.63, 3.8) is 0 Å². The van der Waals surface area contributed by atoms with Gasteiger partial charge in [-0.2, -0.15) is 0 Å². The summed E-state index contributed by atoms with van der Waals surface area (Å²) in [5, 5.41) is 9.34. The van der Waals surface area contributed by atoms with E-state index in [1.54, 1.807) is 0 Å². The molecule has 4 atom stereocenters. The van der Waals surface area contributed by atoms with Gasteiger partial charge in [-0.1, -0.05) is 6.42 Å². The molecule has 3 aliphatic heterocycles. The second kappa shape index (κ2) is 4.58. The van der Waals surface area contributed by atoms with Crippen LogP contribution in [-0.4, -0.2) is 47.8 Å². The van der Waals surface area contributed by atoms with E-state index < -0.39 is 5.97 Å². The molecule has 4 heteroatoms. The number of carboxylic acids is 1. The van der Waals surface area contributed by atoms with Crippen LogP contribution in [0.5, 0.6) is 0 Å². The third-order valence-corrected chi connectivity index (χ3v) is 4.63. The third kappa shape index (κ3) is 2.08. The van der Waals surface area contributed by atoms with Crippen LogP contribution in [0.4, 0.5) is 0 Å². The molecule has 3 rings (SSSR count). The molecule has 0 aromatic carbocycles. The van der Waals surface area contributed by atoms with E-state index in [0.717, 1.165) is 32.5 Å². The van der Waals surface area contributed by atoms with Crippen molar-refractivity contribution in [2.24, 2.45) is 11.8 Å². The van der Waals surface area contributed by atoms with Crippen molar-refractivity contribution >= 4 is 5.97 Å². The summed E-state index contributed by atoms with van der Waals surface area (Å²) >= 11 is 0. The molecule has 0 aliphatic carbocycles. The quantitative estimate of drug-likeness (QED) is 0.807. The van der Waals surface area contributed by atoms with Gasteiger partial charge in [0.05, 0.1) is 18.1 Å². The molecule has 0 radical (unpaired) electrons. The van der Waals surface area contributed by atoms with Crippen molar-refractivity contribution < 1.29 is 14.6 Å². The molecule has 3 saturated heterocycles. The van der Waals surface area contributed by atoms with E-state index in [1.165, 1.54) is 19.3 Å². The summed E-state index contributed by atoms with van der Waals surface area (Å²) in [6.07, 6.45) is 6.06. The Labute approximate surface area is 102 Å². The van der Waals surface area contributed by atoms with Crippen LogP contribution in [0.15, 0.2) is 0 Å². The minimum absolute atomic E-state index is 0.00714. The summed E-state index contributed by atoms with van der Waals surface area (Å²) in [6, 6.07) is 0. The zero-order valence-corrected chi connectivity index (χ0v) is 10.2. The molecule has 2 unspecified atom stereocenters. The molecule has 96 valence electrons. The molecule has 3 heterocycles. The fraction of sp³-hybridized carbons (Fsp3) is 0.923. The lowest BCUT2D eigenvalue weighted by atomic mass is 9.79. The van der Waals surface area contributed by atoms with Crippen LogP contribution >= 0.6 is 0 Å². The van der Waals surface area contributed by atoms with Crippen LogP contribution in [-0.2, 0) is 9.53 Å². The molecule has 0 saturated carbocycles. The van der Waals surface area contributed by atoms with E-state index in [9.17, 15) is 9.90 Å². The number of hydrogen-bond donors (Lipinski definition) is 1. The summed E-state index contributed by atoms with van der Waals surface area (Å²) in [6.45, 7) is 3.21. The predicted octanol–water partition coefficient (Wildman–Crippen LogP) is 1.35. The highest BCUT2D eigenvalue weighted by Crippen LogP contribution is 2.44. The monoisotopic (exact) mass is 239 g/mol. The lowest BCUT2D eigenvalue weighted by molar-refractivity contribution is -0.145. The predicted molar refractivity (Wildman–Crippen MR) is 62.8 cm³/mol. The molecule has 0 aromatic heterocycles. The van der Waals surface area contributed by atoms with E-state index in [2.05, 4.69) is 4.90 Å². The number of nitrogens with zero attached hydrogens (tertiary/aromatic N) is 1. The molecular formula is C13H21NO3. The molecule has 3 fully saturated rings. The first-order valence-corrected chi connectivity index (χ1v) is 6.86. The number of aliphatic carboxylic acids is 1. The summed E-state index contributed by atoms with van der Waals surface area (Å²) in [5.74, 6) is -0.681. The SMILES string of the molecule is O=C(O)C1C(CN2CCCCC2)[C@H]2CC[C@@H]1O2. The highest BCUT2D eigenvalue weighted by atomic mass is 16.5. The highest BCUT2D eigenvalue weighted by Gasteiger charge is 2.52. The van der Waals surface area contributed by atoms with E-state index in [4.69, 9.17) is 4.74 Å². The number of ether oxygens (including phenoxy) is 1. The maximum absolute atomic E-state index is 11.3. The second-order valence-electron chi connectivity index (χ2n) is 5.68. The Bertz CT molecular complexity index is 301. The minimum Gasteiger partial charge on any atom is -0.481 e. The largest absolute Gasteiger partial charge is 0.481 e. The second-order valence-corrected chi connectivity index (χ2v) is 5.68. The van der Waals surface area contributed by atoms with Gasteiger partial charge in [-0.25, -0.2) is 0 Å². The van der Waals surface area contributed by atoms with Gasteiger partial charge < -0.3 is 14.7 Å². The number of hydrogen-bond acceptors (Lipinski definition) is 3. The maximum Gasteiger partial charge on any atom is 0.309 e. The lowest BCUT2D eigenvalue weighted by Gasteiger charge is -2.33. The molecular weight excluding hydrogens is 218 g/mol. The van der Waals surface area contributed by atoms with Crippen molar-refractivity contribution in [2.75, 3.05) is 19.6 Å². The van der Waals surface area contributed by atoms with E-state index in [1.807, 2.05) is 0 Å². The molecule has 0 amide bonds. The number of piperidine rings is 1. The third-order valence-electron chi connectivity index (χ3n) is 4.63. The topological polar surface area (TPSA) is 49.8 Å². The summed E-state index contributed by atoms with van der Waals surface area (Å²) in [7, 11) is 0. The number of carbonyl (C=O) groups is 1. The van der Waals surface area contributed by atoms with Crippen LogP contribution in [0.3, 0.4) is 0 Å². The van der Waals surface area contributed by atoms with Crippen molar-refractivity contribution in [1.29, 1.82) is 0 Å². The smallest absolute Gasteiger partial charge is 0.309 e. The van der Waals surface area contributed by atoms with Crippen molar-refractivity contribution in [2.45, 2.75) is 44.3 Å². The van der Waals surface area contributed by atoms with Crippen LogP contribution in [0.2, 0.25) is 0 Å². The minimum atomic E-state index is -0.654. The first kappa shape index (κ1) is 11.5. The fourth-order valence-corrected chi connectivity index (χ4v) is 3.79. The Morgan fingerprint density at radius 3 is 2.59 bits per heavy atom. The lowest BCUT2D eigenvalue weighted by Crippen LogP contribution is -2.43. The zero-order valence-electron chi connectivity index (χ0n) is 10.2. The Balaban J connectivity index is 1.66. The molecule has 0 aromatic rings. The normalized spacial score (nSPS) is 41.9. The average Bonchev–Trinajstić information content (AvgIpc) is 2.90. The molecule has 1 N–H and O–H groups in total. The standard InChI is InChI=1S/C13H21NO3/c15-13(16)12-9(10-4-5-11(12)17-10)8-14-6-2-1-3-7-14/h9-12H,1-8H2,(H,15,16)/t9?,10-,11+,12?/m1/s1. The van der Waals surface area contributed by atoms with Gasteiger partial charge in [-0.3, -0.25) is 4.79 Å². The zero-order chi connectivity index (χ0) is 11.8. The van der Waals surface area contributed by atoms with Crippen LogP contribution in [0, 0.1) is 11.8 Å². The van der Waals surface area contributed by atoms with Gasteiger partial charge in [0.2, 0.25) is 0 Å². The molecule has 17 heavy (non-hydrogen) atoms. The number of rotatable bonds is 3. The molecule has 2 bridgehead atoms. The van der Waals surface area contributed by atoms with Gasteiger partial charge >= 0.3 is 5.97 Å². The van der Waals surface area contributed by atoms with Crippen LogP contribution in [0.25, 0.3) is 0 Å². The Morgan fingerprint density at radius 2 is 1.88 bits per heavy atom. The van der Waals surface area contributed by atoms with Crippen molar-refractivity contribution in [3.05, 3.63) is 0 Å². The molecule has 4 nitrogen and oxygen atoms in total. The Hall–Kier alpha value is -0.610. The van der Waals surface area contributed by atoms with Crippen molar-refractivity contribution in [3.8, 4) is 0 Å². The number of carboxylic acid groups (broad SMARTS) is 1. The van der Waals surface area contributed by atoms with Gasteiger partial charge in [-0.15, -0.1) is 0 Å². The van der Waals surface area contributed by atoms with Gasteiger partial charge in [-0.05, 0) is 38.8 Å². The van der Waals surface area contributed by atoms with Gasteiger partial charge in [0.15, 0.2) is 0 Å². The van der Waals surface area contributed by atoms with Gasteiger partial charge in [0.25, 0.3) is 0 Å². The maximum atomic E-state index is 11.3. The fourth-order valence-electron chi connectivity index (χ4n) is 3.79. The van der Waals surface area contributed by atoms with E-state index in [0.29, 0.717) is 0 Å². The summed E-state index contributed by atoms with van der Waals surface area (Å²) in [5.41, 5.74) is 0. The average molecular weight is 239 g/mol. The van der Waals surface area contributed by atoms with Crippen LogP contribution in [0.1, 0.15) is 32.1 Å². The number of fused-ring (bicyclic) bond motifs is 2. The van der Waals surface area contributed by atoms with Crippen LogP contribution < -0.4 is 0 Å². The van der Waals surface area contributed by atoms with Crippen molar-refractivity contribution in [1.82, 2.24) is 4.90 Å². The summed E-state index contributed by atoms with van der Waals surface area (Å²) < 4.78 is 5.79. The number of likely N-dealkylation sites (tertiary alicyclic amines) is 1. The van der Waals surface area contributed by atoms with E-state index in [-0.39, 0.29) is 24.0 Å². The highest BCUT2D eigenvalue weighted by molar-refractivity contribution is 5.72. The molecule has 0 spiro atoms. The van der Waals surface area contributed by atoms with Gasteiger partial charge in [0.1, 0.15) is 0 Å². The van der Waals surface area contributed by atoms with Gasteiger partial charge in [0, 0.05) is 12.5 Å². The Kier molecular flexibility index (Phi) is 3.09. The molecule has 3 aliphatic rings. The van der Waals surface area contributed by atoms with E-state index >= 15 is 0 Å². The summed E-state index contributed by atoms with van der Waals surface area (Å²) in [4.78, 5) is 13.8. The first-order chi connectivity index (χ1) is 8.25. The first-order valence-electron chi connectivity index (χ1n) is 6.86. The Morgan fingerprint density at radius 1 is 1.18 bits per heavy atom.